The summed E-state index contributed by atoms with van der Waals surface area (Å²) < 4.78 is 5.35. The Balaban J connectivity index is 0.00000169. The van der Waals surface area contributed by atoms with Gasteiger partial charge in [0.05, 0.1) is 18.9 Å². The highest BCUT2D eigenvalue weighted by Crippen LogP contribution is 2.30. The summed E-state index contributed by atoms with van der Waals surface area (Å²) in [5, 5.41) is 7.07. The van der Waals surface area contributed by atoms with Crippen LogP contribution in [0.3, 0.4) is 0 Å². The van der Waals surface area contributed by atoms with Gasteiger partial charge < -0.3 is 9.57 Å². The highest BCUT2D eigenvalue weighted by atomic mass is 35.5. The molecule has 1 saturated heterocycles. The van der Waals surface area contributed by atoms with E-state index in [1.807, 2.05) is 0 Å². The molecule has 128 valence electrons. The molecule has 0 saturated carbocycles. The number of morpholine rings is 1. The van der Waals surface area contributed by atoms with Crippen molar-refractivity contribution in [3.8, 4) is 0 Å². The first kappa shape index (κ1) is 17.2. The van der Waals surface area contributed by atoms with E-state index in [1.54, 1.807) is 0 Å². The maximum atomic E-state index is 5.59. The number of halogens is 1. The Morgan fingerprint density at radius 3 is 2.75 bits per heavy atom. The number of benzene rings is 2. The normalized spacial score (nSPS) is 19.2. The fourth-order valence-electron chi connectivity index (χ4n) is 3.47. The average Bonchev–Trinajstić information content (AvgIpc) is 3.03. The Morgan fingerprint density at radius 1 is 1.04 bits per heavy atom. The SMILES string of the molecule is Cl.c1ccc2c3c(ccc2c1)/C(=N/OCCN1CCOCC1)CC3. The Kier molecular flexibility index (Phi) is 5.72. The Hall–Kier alpha value is -1.62. The van der Waals surface area contributed by atoms with Gasteiger partial charge in [-0.15, -0.1) is 12.4 Å². The number of hydrogen-bond acceptors (Lipinski definition) is 4. The van der Waals surface area contributed by atoms with Crippen molar-refractivity contribution < 1.29 is 9.57 Å². The first-order chi connectivity index (χ1) is 11.4. The molecular formula is C19H23ClN2O2. The van der Waals surface area contributed by atoms with Crippen LogP contribution in [0, 0.1) is 0 Å². The van der Waals surface area contributed by atoms with Gasteiger partial charge >= 0.3 is 0 Å². The summed E-state index contributed by atoms with van der Waals surface area (Å²) in [5.74, 6) is 0. The quantitative estimate of drug-likeness (QED) is 0.629. The number of rotatable bonds is 4. The third kappa shape index (κ3) is 3.56. The smallest absolute Gasteiger partial charge is 0.129 e. The van der Waals surface area contributed by atoms with Crippen LogP contribution < -0.4 is 0 Å². The van der Waals surface area contributed by atoms with E-state index in [0.29, 0.717) is 6.61 Å². The lowest BCUT2D eigenvalue weighted by Gasteiger charge is -2.25. The van der Waals surface area contributed by atoms with Crippen LogP contribution in [0.5, 0.6) is 0 Å². The van der Waals surface area contributed by atoms with E-state index in [0.717, 1.165) is 51.4 Å². The van der Waals surface area contributed by atoms with Gasteiger partial charge in [-0.3, -0.25) is 4.90 Å². The third-order valence-electron chi connectivity index (χ3n) is 4.74. The maximum Gasteiger partial charge on any atom is 0.129 e. The molecule has 0 amide bonds. The molecule has 5 heteroatoms. The average molecular weight is 347 g/mol. The molecule has 0 bridgehead atoms. The van der Waals surface area contributed by atoms with Crippen LogP contribution in [-0.2, 0) is 16.0 Å². The highest BCUT2D eigenvalue weighted by molar-refractivity contribution is 6.08. The lowest BCUT2D eigenvalue weighted by atomic mass is 10.0. The second-order valence-electron chi connectivity index (χ2n) is 6.14. The van der Waals surface area contributed by atoms with Gasteiger partial charge in [0.1, 0.15) is 6.61 Å². The van der Waals surface area contributed by atoms with Gasteiger partial charge in [-0.1, -0.05) is 41.6 Å². The summed E-state index contributed by atoms with van der Waals surface area (Å²) in [6.45, 7) is 5.21. The summed E-state index contributed by atoms with van der Waals surface area (Å²) in [6.07, 6.45) is 2.03. The lowest BCUT2D eigenvalue weighted by molar-refractivity contribution is 0.0212. The maximum absolute atomic E-state index is 5.59. The van der Waals surface area contributed by atoms with Gasteiger partial charge in [0.25, 0.3) is 0 Å². The molecule has 2 aromatic carbocycles. The van der Waals surface area contributed by atoms with Crippen LogP contribution in [0.1, 0.15) is 17.5 Å². The van der Waals surface area contributed by atoms with Crippen molar-refractivity contribution in [3.63, 3.8) is 0 Å². The van der Waals surface area contributed by atoms with Crippen molar-refractivity contribution in [2.24, 2.45) is 5.16 Å². The van der Waals surface area contributed by atoms with Crippen molar-refractivity contribution in [3.05, 3.63) is 47.5 Å². The van der Waals surface area contributed by atoms with Gasteiger partial charge in [0.15, 0.2) is 0 Å². The van der Waals surface area contributed by atoms with Crippen molar-refractivity contribution in [2.45, 2.75) is 12.8 Å². The van der Waals surface area contributed by atoms with Crippen molar-refractivity contribution in [2.75, 3.05) is 39.5 Å². The van der Waals surface area contributed by atoms with Gasteiger partial charge in [-0.25, -0.2) is 0 Å². The van der Waals surface area contributed by atoms with Gasteiger partial charge in [-0.05, 0) is 29.2 Å². The molecule has 4 rings (SSSR count). The minimum atomic E-state index is 0. The lowest BCUT2D eigenvalue weighted by Crippen LogP contribution is -2.38. The van der Waals surface area contributed by atoms with Crippen LogP contribution in [0.15, 0.2) is 41.6 Å². The highest BCUT2D eigenvalue weighted by Gasteiger charge is 2.20. The molecule has 24 heavy (non-hydrogen) atoms. The Morgan fingerprint density at radius 2 is 1.88 bits per heavy atom. The molecule has 0 radical (unpaired) electrons. The van der Waals surface area contributed by atoms with Gasteiger partial charge in [0.2, 0.25) is 0 Å². The minimum Gasteiger partial charge on any atom is -0.394 e. The zero-order valence-electron chi connectivity index (χ0n) is 13.7. The van der Waals surface area contributed by atoms with Crippen molar-refractivity contribution >= 4 is 28.9 Å². The Bertz CT molecular complexity index is 726. The molecule has 1 fully saturated rings. The zero-order chi connectivity index (χ0) is 15.5. The predicted molar refractivity (Wildman–Crippen MR) is 99.3 cm³/mol. The van der Waals surface area contributed by atoms with E-state index in [2.05, 4.69) is 46.5 Å². The van der Waals surface area contributed by atoms with Gasteiger partial charge in [0, 0.05) is 25.2 Å². The number of aryl methyl sites for hydroxylation is 1. The van der Waals surface area contributed by atoms with Gasteiger partial charge in [-0.2, -0.15) is 0 Å². The topological polar surface area (TPSA) is 34.1 Å². The minimum absolute atomic E-state index is 0. The van der Waals surface area contributed by atoms with Crippen LogP contribution in [0.25, 0.3) is 10.8 Å². The first-order valence-electron chi connectivity index (χ1n) is 8.42. The largest absolute Gasteiger partial charge is 0.394 e. The van der Waals surface area contributed by atoms with E-state index >= 15 is 0 Å². The summed E-state index contributed by atoms with van der Waals surface area (Å²) in [5.41, 5.74) is 3.77. The van der Waals surface area contributed by atoms with Crippen molar-refractivity contribution in [1.82, 2.24) is 4.90 Å². The molecule has 0 unspecified atom stereocenters. The Labute approximate surface area is 148 Å². The molecule has 4 nitrogen and oxygen atoms in total. The van der Waals surface area contributed by atoms with E-state index in [4.69, 9.17) is 9.57 Å². The standard InChI is InChI=1S/C19H22N2O2.ClH/c1-2-4-16-15(3-1)5-6-18-17(16)7-8-19(18)20-23-14-11-21-9-12-22-13-10-21;/h1-6H,7-14H2;1H/b20-19+;. The summed E-state index contributed by atoms with van der Waals surface area (Å²) in [4.78, 5) is 7.96. The van der Waals surface area contributed by atoms with Crippen LogP contribution in [-0.4, -0.2) is 50.1 Å². The molecule has 0 atom stereocenters. The van der Waals surface area contributed by atoms with E-state index in [-0.39, 0.29) is 12.4 Å². The fraction of sp³-hybridized carbons (Fsp3) is 0.421. The molecule has 2 aliphatic rings. The van der Waals surface area contributed by atoms with E-state index in [9.17, 15) is 0 Å². The predicted octanol–water partition coefficient (Wildman–Crippen LogP) is 3.26. The van der Waals surface area contributed by atoms with E-state index in [1.165, 1.54) is 21.9 Å². The monoisotopic (exact) mass is 346 g/mol. The summed E-state index contributed by atoms with van der Waals surface area (Å²) in [6, 6.07) is 12.9. The summed E-state index contributed by atoms with van der Waals surface area (Å²) >= 11 is 0. The van der Waals surface area contributed by atoms with Crippen LogP contribution >= 0.6 is 12.4 Å². The number of hydrogen-bond donors (Lipinski definition) is 0. The number of fused-ring (bicyclic) bond motifs is 3. The summed E-state index contributed by atoms with van der Waals surface area (Å²) in [7, 11) is 0. The third-order valence-corrected chi connectivity index (χ3v) is 4.74. The fourth-order valence-corrected chi connectivity index (χ4v) is 3.47. The molecule has 1 aliphatic heterocycles. The molecule has 0 aromatic heterocycles. The van der Waals surface area contributed by atoms with Crippen LogP contribution in [0.2, 0.25) is 0 Å². The van der Waals surface area contributed by atoms with E-state index < -0.39 is 0 Å². The number of oxime groups is 1. The first-order valence-corrected chi connectivity index (χ1v) is 8.42. The molecule has 1 heterocycles. The molecule has 2 aromatic rings. The molecular weight excluding hydrogens is 324 g/mol. The number of ether oxygens (including phenoxy) is 1. The molecule has 0 spiro atoms. The van der Waals surface area contributed by atoms with Crippen molar-refractivity contribution in [1.29, 1.82) is 0 Å². The number of nitrogens with zero attached hydrogens (tertiary/aromatic N) is 2. The molecule has 1 aliphatic carbocycles. The second kappa shape index (κ2) is 7.97. The van der Waals surface area contributed by atoms with Crippen LogP contribution in [0.4, 0.5) is 0 Å². The molecule has 0 N–H and O–H groups in total. The zero-order valence-corrected chi connectivity index (χ0v) is 14.6. The second-order valence-corrected chi connectivity index (χ2v) is 6.14.